The van der Waals surface area contributed by atoms with E-state index in [4.69, 9.17) is 4.74 Å². The number of hydrogen-bond acceptors (Lipinski definition) is 4. The van der Waals surface area contributed by atoms with Gasteiger partial charge in [-0.25, -0.2) is 13.1 Å². The van der Waals surface area contributed by atoms with Crippen molar-refractivity contribution < 1.29 is 17.9 Å². The minimum absolute atomic E-state index is 0.0238. The predicted molar refractivity (Wildman–Crippen MR) is 117 cm³/mol. The monoisotopic (exact) mass is 430 g/mol. The fraction of sp³-hybridized carbons (Fsp3) is 0.435. The van der Waals surface area contributed by atoms with Crippen LogP contribution in [0.5, 0.6) is 5.75 Å². The van der Waals surface area contributed by atoms with Gasteiger partial charge in [-0.2, -0.15) is 0 Å². The molecule has 0 radical (unpaired) electrons. The molecule has 162 valence electrons. The fourth-order valence-electron chi connectivity index (χ4n) is 3.62. The smallest absolute Gasteiger partial charge is 0.257 e. The maximum Gasteiger partial charge on any atom is 0.257 e. The van der Waals surface area contributed by atoms with Crippen LogP contribution in [0.1, 0.15) is 48.5 Å². The van der Waals surface area contributed by atoms with E-state index in [-0.39, 0.29) is 28.8 Å². The lowest BCUT2D eigenvalue weighted by atomic mass is 9.98. The van der Waals surface area contributed by atoms with Gasteiger partial charge in [-0.3, -0.25) is 4.79 Å². The van der Waals surface area contributed by atoms with Gasteiger partial charge in [0.05, 0.1) is 17.6 Å². The molecule has 1 N–H and O–H groups in total. The van der Waals surface area contributed by atoms with E-state index in [9.17, 15) is 13.2 Å². The average Bonchev–Trinajstić information content (AvgIpc) is 2.77. The van der Waals surface area contributed by atoms with Gasteiger partial charge in [-0.05, 0) is 48.4 Å². The van der Waals surface area contributed by atoms with Crippen LogP contribution in [-0.4, -0.2) is 46.0 Å². The summed E-state index contributed by atoms with van der Waals surface area (Å²) in [5.74, 6) is 0.817. The Morgan fingerprint density at radius 1 is 1.17 bits per heavy atom. The summed E-state index contributed by atoms with van der Waals surface area (Å²) < 4.78 is 33.8. The third-order valence-electron chi connectivity index (χ3n) is 5.73. The molecule has 1 saturated heterocycles. The zero-order chi connectivity index (χ0) is 21.7. The van der Waals surface area contributed by atoms with Gasteiger partial charge in [-0.15, -0.1) is 0 Å². The zero-order valence-electron chi connectivity index (χ0n) is 17.8. The van der Waals surface area contributed by atoms with Gasteiger partial charge in [0.25, 0.3) is 5.91 Å². The van der Waals surface area contributed by atoms with Gasteiger partial charge in [0.2, 0.25) is 10.0 Å². The minimum atomic E-state index is -3.76. The number of amides is 1. The summed E-state index contributed by atoms with van der Waals surface area (Å²) in [7, 11) is -2.28. The van der Waals surface area contributed by atoms with Gasteiger partial charge in [0, 0.05) is 19.6 Å². The molecule has 0 spiro atoms. The molecule has 0 unspecified atom stereocenters. The van der Waals surface area contributed by atoms with Crippen LogP contribution in [0.15, 0.2) is 53.4 Å². The summed E-state index contributed by atoms with van der Waals surface area (Å²) in [5.41, 5.74) is 1.34. The number of benzene rings is 2. The number of likely N-dealkylation sites (tertiary alicyclic amines) is 1. The molecular weight excluding hydrogens is 400 g/mol. The highest BCUT2D eigenvalue weighted by molar-refractivity contribution is 7.89. The number of rotatable bonds is 7. The number of carbonyl (C=O) groups excluding carboxylic acids is 1. The van der Waals surface area contributed by atoms with Crippen LogP contribution in [0, 0.1) is 5.92 Å². The van der Waals surface area contributed by atoms with Crippen LogP contribution in [0.3, 0.4) is 0 Å². The number of piperidine rings is 1. The Kier molecular flexibility index (Phi) is 7.15. The molecule has 1 amide bonds. The number of methoxy groups -OCH3 is 1. The number of nitrogens with zero attached hydrogens (tertiary/aromatic N) is 1. The van der Waals surface area contributed by atoms with E-state index in [0.29, 0.717) is 24.8 Å². The Morgan fingerprint density at radius 2 is 1.83 bits per heavy atom. The lowest BCUT2D eigenvalue weighted by Crippen LogP contribution is -2.38. The van der Waals surface area contributed by atoms with Crippen molar-refractivity contribution in [2.45, 2.75) is 37.5 Å². The van der Waals surface area contributed by atoms with E-state index in [2.05, 4.69) is 11.6 Å². The van der Waals surface area contributed by atoms with E-state index in [1.807, 2.05) is 37.3 Å². The number of carbonyl (C=O) groups is 1. The molecular formula is C23H30N2O4S. The van der Waals surface area contributed by atoms with Gasteiger partial charge < -0.3 is 9.64 Å². The summed E-state index contributed by atoms with van der Waals surface area (Å²) in [5, 5.41) is 0. The molecule has 30 heavy (non-hydrogen) atoms. The molecule has 2 aromatic carbocycles. The van der Waals surface area contributed by atoms with Gasteiger partial charge >= 0.3 is 0 Å². The largest absolute Gasteiger partial charge is 0.496 e. The Bertz CT molecular complexity index is 968. The third-order valence-corrected chi connectivity index (χ3v) is 7.15. The predicted octanol–water partition coefficient (Wildman–Crippen LogP) is 3.65. The molecule has 1 heterocycles. The number of sulfonamides is 1. The van der Waals surface area contributed by atoms with Crippen LogP contribution in [0.2, 0.25) is 0 Å². The Balaban J connectivity index is 1.78. The SMILES string of the molecule is COc1ccc(S(=O)(=O)NC[C@H](C)c2ccccc2)cc1C(=O)N1CCC(C)CC1. The van der Waals surface area contributed by atoms with Gasteiger partial charge in [-0.1, -0.05) is 44.2 Å². The van der Waals surface area contributed by atoms with Crippen molar-refractivity contribution >= 4 is 15.9 Å². The van der Waals surface area contributed by atoms with Gasteiger partial charge in [0.1, 0.15) is 5.75 Å². The van der Waals surface area contributed by atoms with Crippen LogP contribution in [0.25, 0.3) is 0 Å². The molecule has 1 atom stereocenters. The van der Waals surface area contributed by atoms with E-state index in [1.165, 1.54) is 19.2 Å². The summed E-state index contributed by atoms with van der Waals surface area (Å²) >= 11 is 0. The maximum atomic E-state index is 13.0. The quantitative estimate of drug-likeness (QED) is 0.728. The second-order valence-electron chi connectivity index (χ2n) is 8.00. The van der Waals surface area contributed by atoms with E-state index in [1.54, 1.807) is 11.0 Å². The molecule has 7 heteroatoms. The van der Waals surface area contributed by atoms with Crippen molar-refractivity contribution in [2.75, 3.05) is 26.7 Å². The zero-order valence-corrected chi connectivity index (χ0v) is 18.6. The first-order valence-corrected chi connectivity index (χ1v) is 11.8. The van der Waals surface area contributed by atoms with Crippen molar-refractivity contribution in [3.8, 4) is 5.75 Å². The first-order valence-electron chi connectivity index (χ1n) is 10.3. The van der Waals surface area contributed by atoms with Crippen molar-refractivity contribution in [1.82, 2.24) is 9.62 Å². The topological polar surface area (TPSA) is 75.7 Å². The first-order chi connectivity index (χ1) is 14.3. The van der Waals surface area contributed by atoms with E-state index < -0.39 is 10.0 Å². The maximum absolute atomic E-state index is 13.0. The first kappa shape index (κ1) is 22.3. The van der Waals surface area contributed by atoms with Crippen molar-refractivity contribution in [1.29, 1.82) is 0 Å². The molecule has 2 aromatic rings. The second kappa shape index (κ2) is 9.62. The molecule has 0 aliphatic carbocycles. The highest BCUT2D eigenvalue weighted by Gasteiger charge is 2.26. The molecule has 6 nitrogen and oxygen atoms in total. The molecule has 0 bridgehead atoms. The Labute approximate surface area is 179 Å². The fourth-order valence-corrected chi connectivity index (χ4v) is 4.78. The molecule has 3 rings (SSSR count). The molecule has 1 aliphatic heterocycles. The van der Waals surface area contributed by atoms with Gasteiger partial charge in [0.15, 0.2) is 0 Å². The van der Waals surface area contributed by atoms with Crippen molar-refractivity contribution in [3.63, 3.8) is 0 Å². The number of hydrogen-bond donors (Lipinski definition) is 1. The van der Waals surface area contributed by atoms with Crippen LogP contribution in [-0.2, 0) is 10.0 Å². The molecule has 1 aliphatic rings. The number of nitrogens with one attached hydrogen (secondary N) is 1. The minimum Gasteiger partial charge on any atom is -0.496 e. The summed E-state index contributed by atoms with van der Waals surface area (Å²) in [6, 6.07) is 14.2. The normalized spacial score (nSPS) is 16.3. The third kappa shape index (κ3) is 5.21. The highest BCUT2D eigenvalue weighted by Crippen LogP contribution is 2.26. The van der Waals surface area contributed by atoms with E-state index >= 15 is 0 Å². The summed E-state index contributed by atoms with van der Waals surface area (Å²) in [4.78, 5) is 14.9. The molecule has 0 aromatic heterocycles. The standard InChI is InChI=1S/C23H30N2O4S/c1-17-11-13-25(14-12-17)23(26)21-15-20(9-10-22(21)29-3)30(27,28)24-16-18(2)19-7-5-4-6-8-19/h4-10,15,17-18,24H,11-14,16H2,1-3H3/t18-/m0/s1. The Hall–Kier alpha value is -2.38. The molecule has 0 saturated carbocycles. The Morgan fingerprint density at radius 3 is 2.47 bits per heavy atom. The van der Waals surface area contributed by atoms with Crippen LogP contribution < -0.4 is 9.46 Å². The van der Waals surface area contributed by atoms with Crippen molar-refractivity contribution in [2.24, 2.45) is 5.92 Å². The number of ether oxygens (including phenoxy) is 1. The van der Waals surface area contributed by atoms with Crippen LogP contribution >= 0.6 is 0 Å². The highest BCUT2D eigenvalue weighted by atomic mass is 32.2. The van der Waals surface area contributed by atoms with Crippen LogP contribution in [0.4, 0.5) is 0 Å². The summed E-state index contributed by atoms with van der Waals surface area (Å²) in [6.07, 6.45) is 1.90. The summed E-state index contributed by atoms with van der Waals surface area (Å²) in [6.45, 7) is 5.77. The molecule has 1 fully saturated rings. The lowest BCUT2D eigenvalue weighted by Gasteiger charge is -2.30. The lowest BCUT2D eigenvalue weighted by molar-refractivity contribution is 0.0693. The van der Waals surface area contributed by atoms with Crippen molar-refractivity contribution in [3.05, 3.63) is 59.7 Å². The van der Waals surface area contributed by atoms with E-state index in [0.717, 1.165) is 18.4 Å². The second-order valence-corrected chi connectivity index (χ2v) is 9.77. The average molecular weight is 431 g/mol.